The van der Waals surface area contributed by atoms with Gasteiger partial charge in [0.1, 0.15) is 0 Å². The maximum atomic E-state index is 12.0. The van der Waals surface area contributed by atoms with E-state index in [4.69, 9.17) is 4.74 Å². The number of nitrogens with zero attached hydrogens (tertiary/aromatic N) is 2. The number of likely N-dealkylation sites (tertiary alicyclic amines) is 1. The Labute approximate surface area is 180 Å². The smallest absolute Gasteiger partial charge is 0.320 e. The number of hydrogen-bond acceptors (Lipinski definition) is 4. The lowest BCUT2D eigenvalue weighted by Crippen LogP contribution is -2.43. The van der Waals surface area contributed by atoms with E-state index in [0.29, 0.717) is 19.2 Å². The summed E-state index contributed by atoms with van der Waals surface area (Å²) in [5.41, 5.74) is 5.59. The van der Waals surface area contributed by atoms with Gasteiger partial charge >= 0.3 is 5.97 Å². The van der Waals surface area contributed by atoms with Crippen LogP contribution in [0.4, 0.5) is 11.4 Å². The van der Waals surface area contributed by atoms with Crippen molar-refractivity contribution in [3.05, 3.63) is 59.7 Å². The molecule has 30 heavy (non-hydrogen) atoms. The van der Waals surface area contributed by atoms with Crippen LogP contribution in [0.25, 0.3) is 0 Å². The van der Waals surface area contributed by atoms with Crippen molar-refractivity contribution < 1.29 is 9.53 Å². The second-order valence-electron chi connectivity index (χ2n) is 8.48. The molecule has 4 nitrogen and oxygen atoms in total. The van der Waals surface area contributed by atoms with Gasteiger partial charge in [0, 0.05) is 24.0 Å². The van der Waals surface area contributed by atoms with Gasteiger partial charge in [-0.25, -0.2) is 0 Å². The van der Waals surface area contributed by atoms with Crippen LogP contribution in [0, 0.1) is 0 Å². The lowest BCUT2D eigenvalue weighted by atomic mass is 9.97. The van der Waals surface area contributed by atoms with Crippen LogP contribution >= 0.6 is 0 Å². The molecular weight excluding hydrogens is 372 g/mol. The minimum absolute atomic E-state index is 0.0835. The number of anilines is 2. The van der Waals surface area contributed by atoms with Gasteiger partial charge in [0.2, 0.25) is 0 Å². The number of hydrogen-bond donors (Lipinski definition) is 0. The van der Waals surface area contributed by atoms with Gasteiger partial charge in [-0.3, -0.25) is 9.69 Å². The average molecular weight is 407 g/mol. The number of aryl methyl sites for hydroxylation is 2. The van der Waals surface area contributed by atoms with E-state index in [0.717, 1.165) is 38.8 Å². The SMILES string of the molecule is CCOC(=O)CN1CCCCC1CCCN1c2ccccc2CCc2ccccc21. The molecule has 2 aromatic rings. The Morgan fingerprint density at radius 3 is 2.33 bits per heavy atom. The van der Waals surface area contributed by atoms with Crippen LogP contribution in [0.1, 0.15) is 50.2 Å². The largest absolute Gasteiger partial charge is 0.465 e. The van der Waals surface area contributed by atoms with Gasteiger partial charge in [-0.1, -0.05) is 42.8 Å². The van der Waals surface area contributed by atoms with E-state index in [1.165, 1.54) is 41.8 Å². The van der Waals surface area contributed by atoms with Crippen LogP contribution < -0.4 is 4.90 Å². The van der Waals surface area contributed by atoms with E-state index in [2.05, 4.69) is 58.3 Å². The summed E-state index contributed by atoms with van der Waals surface area (Å²) in [6.45, 7) is 4.80. The van der Waals surface area contributed by atoms with Gasteiger partial charge in [0.15, 0.2) is 0 Å². The number of carbonyl (C=O) groups excluding carboxylic acids is 1. The molecule has 2 aliphatic rings. The third-order valence-electron chi connectivity index (χ3n) is 6.53. The van der Waals surface area contributed by atoms with Crippen molar-refractivity contribution in [1.29, 1.82) is 0 Å². The fourth-order valence-electron chi connectivity index (χ4n) is 5.06. The van der Waals surface area contributed by atoms with Crippen LogP contribution in [-0.4, -0.2) is 43.2 Å². The first kappa shape index (κ1) is 20.9. The molecule has 4 heteroatoms. The number of para-hydroxylation sites is 2. The number of fused-ring (bicyclic) bond motifs is 2. The molecule has 160 valence electrons. The first-order chi connectivity index (χ1) is 14.8. The van der Waals surface area contributed by atoms with E-state index in [1.54, 1.807) is 0 Å². The minimum Gasteiger partial charge on any atom is -0.465 e. The Balaban J connectivity index is 1.45. The molecule has 1 fully saturated rings. The van der Waals surface area contributed by atoms with Crippen molar-refractivity contribution >= 4 is 17.3 Å². The number of ether oxygens (including phenoxy) is 1. The third kappa shape index (κ3) is 4.86. The highest BCUT2D eigenvalue weighted by Gasteiger charge is 2.25. The van der Waals surface area contributed by atoms with E-state index < -0.39 is 0 Å². The lowest BCUT2D eigenvalue weighted by molar-refractivity contribution is -0.145. The van der Waals surface area contributed by atoms with Gasteiger partial charge in [-0.15, -0.1) is 0 Å². The second kappa shape index (κ2) is 10.1. The van der Waals surface area contributed by atoms with Crippen molar-refractivity contribution in [2.45, 2.75) is 57.9 Å². The molecule has 2 aliphatic heterocycles. The van der Waals surface area contributed by atoms with Gasteiger partial charge in [0.25, 0.3) is 0 Å². The molecule has 0 bridgehead atoms. The molecule has 0 N–H and O–H groups in total. The molecular formula is C26H34N2O2. The summed E-state index contributed by atoms with van der Waals surface area (Å²) in [6.07, 6.45) is 8.07. The van der Waals surface area contributed by atoms with E-state index in [9.17, 15) is 4.79 Å². The lowest BCUT2D eigenvalue weighted by Gasteiger charge is -2.35. The van der Waals surface area contributed by atoms with Gasteiger partial charge in [-0.2, -0.15) is 0 Å². The molecule has 0 saturated carbocycles. The minimum atomic E-state index is -0.0835. The molecule has 0 radical (unpaired) electrons. The average Bonchev–Trinajstić information content (AvgIpc) is 2.92. The molecule has 1 unspecified atom stereocenters. The second-order valence-corrected chi connectivity index (χ2v) is 8.48. The molecule has 0 spiro atoms. The normalized spacial score (nSPS) is 19.0. The maximum absolute atomic E-state index is 12.0. The van der Waals surface area contributed by atoms with Crippen molar-refractivity contribution in [3.8, 4) is 0 Å². The number of esters is 1. The topological polar surface area (TPSA) is 32.8 Å². The Hall–Kier alpha value is -2.33. The van der Waals surface area contributed by atoms with Crippen LogP contribution in [0.5, 0.6) is 0 Å². The van der Waals surface area contributed by atoms with E-state index >= 15 is 0 Å². The standard InChI is InChI=1S/C26H34N2O2/c1-2-30-26(29)20-27-18-8-7-12-23(27)13-9-19-28-24-14-5-3-10-21(24)16-17-22-11-4-6-15-25(22)28/h3-6,10-11,14-15,23H,2,7-9,12-13,16-20H2,1H3. The summed E-state index contributed by atoms with van der Waals surface area (Å²) < 4.78 is 5.20. The highest BCUT2D eigenvalue weighted by molar-refractivity contribution is 5.72. The first-order valence-corrected chi connectivity index (χ1v) is 11.6. The number of rotatable bonds is 7. The zero-order valence-corrected chi connectivity index (χ0v) is 18.2. The Bertz CT molecular complexity index is 803. The molecule has 2 aromatic carbocycles. The molecule has 0 amide bonds. The molecule has 0 aromatic heterocycles. The van der Waals surface area contributed by atoms with Crippen molar-refractivity contribution in [2.75, 3.05) is 31.1 Å². The van der Waals surface area contributed by atoms with Crippen molar-refractivity contribution in [2.24, 2.45) is 0 Å². The number of benzene rings is 2. The molecule has 1 atom stereocenters. The zero-order chi connectivity index (χ0) is 20.8. The monoisotopic (exact) mass is 406 g/mol. The van der Waals surface area contributed by atoms with E-state index in [-0.39, 0.29) is 5.97 Å². The summed E-state index contributed by atoms with van der Waals surface area (Å²) in [6, 6.07) is 18.2. The number of carbonyl (C=O) groups is 1. The Kier molecular flexibility index (Phi) is 7.06. The number of piperidine rings is 1. The van der Waals surface area contributed by atoms with Gasteiger partial charge < -0.3 is 9.64 Å². The van der Waals surface area contributed by atoms with Crippen LogP contribution in [0.3, 0.4) is 0 Å². The molecule has 4 rings (SSSR count). The predicted octanol–water partition coefficient (Wildman–Crippen LogP) is 5.12. The Morgan fingerprint density at radius 2 is 1.67 bits per heavy atom. The van der Waals surface area contributed by atoms with Crippen molar-refractivity contribution in [3.63, 3.8) is 0 Å². The third-order valence-corrected chi connectivity index (χ3v) is 6.53. The fourth-order valence-corrected chi connectivity index (χ4v) is 5.06. The van der Waals surface area contributed by atoms with Gasteiger partial charge in [-0.05, 0) is 75.3 Å². The highest BCUT2D eigenvalue weighted by Crippen LogP contribution is 2.36. The summed E-state index contributed by atoms with van der Waals surface area (Å²) in [5.74, 6) is -0.0835. The quantitative estimate of drug-likeness (QED) is 0.598. The predicted molar refractivity (Wildman–Crippen MR) is 122 cm³/mol. The molecule has 2 heterocycles. The summed E-state index contributed by atoms with van der Waals surface area (Å²) in [7, 11) is 0. The molecule has 1 saturated heterocycles. The van der Waals surface area contributed by atoms with E-state index in [1.807, 2.05) is 6.92 Å². The summed E-state index contributed by atoms with van der Waals surface area (Å²) in [4.78, 5) is 16.9. The molecule has 0 aliphatic carbocycles. The zero-order valence-electron chi connectivity index (χ0n) is 18.2. The van der Waals surface area contributed by atoms with Crippen molar-refractivity contribution in [1.82, 2.24) is 4.90 Å². The summed E-state index contributed by atoms with van der Waals surface area (Å²) >= 11 is 0. The maximum Gasteiger partial charge on any atom is 0.320 e. The Morgan fingerprint density at radius 1 is 1.00 bits per heavy atom. The fraction of sp³-hybridized carbons (Fsp3) is 0.500. The van der Waals surface area contributed by atoms with Gasteiger partial charge in [0.05, 0.1) is 13.2 Å². The van der Waals surface area contributed by atoms with Crippen LogP contribution in [-0.2, 0) is 22.4 Å². The summed E-state index contributed by atoms with van der Waals surface area (Å²) in [5, 5.41) is 0. The highest BCUT2D eigenvalue weighted by atomic mass is 16.5. The van der Waals surface area contributed by atoms with Crippen LogP contribution in [0.2, 0.25) is 0 Å². The first-order valence-electron chi connectivity index (χ1n) is 11.6. The van der Waals surface area contributed by atoms with Crippen LogP contribution in [0.15, 0.2) is 48.5 Å².